The number of carbonyl (C=O) groups is 1. The van der Waals surface area contributed by atoms with Crippen LogP contribution in [0.1, 0.15) is 62.4 Å². The molecular weight excluding hydrogens is 371 g/mol. The molecule has 1 unspecified atom stereocenters. The van der Waals surface area contributed by atoms with E-state index < -0.39 is 11.6 Å². The van der Waals surface area contributed by atoms with Crippen LogP contribution in [0.4, 0.5) is 4.39 Å². The number of benzene rings is 1. The van der Waals surface area contributed by atoms with Crippen LogP contribution in [-0.4, -0.2) is 39.6 Å². The number of halogens is 1. The summed E-state index contributed by atoms with van der Waals surface area (Å²) >= 11 is 0. The molecule has 1 aliphatic carbocycles. The van der Waals surface area contributed by atoms with E-state index in [1.54, 1.807) is 11.0 Å². The van der Waals surface area contributed by atoms with Crippen LogP contribution in [0.2, 0.25) is 0 Å². The van der Waals surface area contributed by atoms with Crippen LogP contribution in [0.25, 0.3) is 0 Å². The minimum absolute atomic E-state index is 0.0282. The number of nitrogens with one attached hydrogen (secondary N) is 1. The molecule has 1 amide bonds. The van der Waals surface area contributed by atoms with Crippen LogP contribution in [0, 0.1) is 23.6 Å². The number of phenolic OH excluding ortho intramolecular Hbond substituents is 1. The molecule has 5 nitrogen and oxygen atoms in total. The Bertz CT molecular complexity index is 772. The molecule has 2 aliphatic rings. The van der Waals surface area contributed by atoms with Gasteiger partial charge in [-0.3, -0.25) is 4.79 Å². The van der Waals surface area contributed by atoms with Crippen molar-refractivity contribution in [2.24, 2.45) is 17.8 Å². The monoisotopic (exact) mass is 404 g/mol. The zero-order valence-corrected chi connectivity index (χ0v) is 17.6. The topological polar surface area (TPSA) is 72.8 Å². The number of nitrogens with zero attached hydrogens (tertiary/aromatic N) is 1. The predicted molar refractivity (Wildman–Crippen MR) is 111 cm³/mol. The highest BCUT2D eigenvalue weighted by atomic mass is 19.1. The first kappa shape index (κ1) is 21.6. The molecule has 6 heteroatoms. The minimum atomic E-state index is -0.802. The summed E-state index contributed by atoms with van der Waals surface area (Å²) in [4.78, 5) is 14.3. The molecule has 1 heterocycles. The normalized spacial score (nSPS) is 23.9. The third kappa shape index (κ3) is 4.58. The van der Waals surface area contributed by atoms with Crippen molar-refractivity contribution in [3.05, 3.63) is 41.4 Å². The number of aliphatic hydroxyl groups is 1. The molecule has 0 saturated heterocycles. The number of hydrogen-bond acceptors (Lipinski definition) is 4. The third-order valence-corrected chi connectivity index (χ3v) is 6.62. The first-order chi connectivity index (χ1) is 13.7. The van der Waals surface area contributed by atoms with Gasteiger partial charge in [-0.25, -0.2) is 4.39 Å². The maximum absolute atomic E-state index is 14.1. The SMILES string of the molecule is C=C(O)[C@H](NC(C)C1CCC(CN2Cc3ccc(O)c(F)c3C2=O)CC1)C(C)C. The fourth-order valence-electron chi connectivity index (χ4n) is 4.83. The van der Waals surface area contributed by atoms with Crippen molar-refractivity contribution in [1.82, 2.24) is 10.2 Å². The van der Waals surface area contributed by atoms with Crippen molar-refractivity contribution in [3.8, 4) is 5.75 Å². The lowest BCUT2D eigenvalue weighted by molar-refractivity contribution is 0.0720. The molecule has 0 aromatic heterocycles. The van der Waals surface area contributed by atoms with Gasteiger partial charge >= 0.3 is 0 Å². The summed E-state index contributed by atoms with van der Waals surface area (Å²) in [6.45, 7) is 11.0. The first-order valence-corrected chi connectivity index (χ1v) is 10.6. The van der Waals surface area contributed by atoms with E-state index in [0.717, 1.165) is 25.7 Å². The summed E-state index contributed by atoms with van der Waals surface area (Å²) in [5, 5.41) is 22.9. The molecule has 1 aliphatic heterocycles. The lowest BCUT2D eigenvalue weighted by Gasteiger charge is -2.36. The van der Waals surface area contributed by atoms with Gasteiger partial charge in [-0.2, -0.15) is 0 Å². The number of rotatable bonds is 7. The molecule has 0 radical (unpaired) electrons. The zero-order valence-electron chi connectivity index (χ0n) is 17.6. The number of phenols is 1. The van der Waals surface area contributed by atoms with Crippen LogP contribution < -0.4 is 5.32 Å². The van der Waals surface area contributed by atoms with Gasteiger partial charge in [0, 0.05) is 19.1 Å². The van der Waals surface area contributed by atoms with Gasteiger partial charge < -0.3 is 20.4 Å². The maximum Gasteiger partial charge on any atom is 0.257 e. The largest absolute Gasteiger partial charge is 0.511 e. The Morgan fingerprint density at radius 3 is 2.52 bits per heavy atom. The van der Waals surface area contributed by atoms with E-state index in [9.17, 15) is 19.4 Å². The lowest BCUT2D eigenvalue weighted by Crippen LogP contribution is -2.45. The van der Waals surface area contributed by atoms with Crippen molar-refractivity contribution in [3.63, 3.8) is 0 Å². The highest BCUT2D eigenvalue weighted by Crippen LogP contribution is 2.35. The van der Waals surface area contributed by atoms with Crippen LogP contribution in [-0.2, 0) is 6.54 Å². The van der Waals surface area contributed by atoms with Crippen molar-refractivity contribution in [1.29, 1.82) is 0 Å². The van der Waals surface area contributed by atoms with E-state index in [2.05, 4.69) is 32.7 Å². The molecule has 3 rings (SSSR count). The second-order valence-corrected chi connectivity index (χ2v) is 9.07. The van der Waals surface area contributed by atoms with Gasteiger partial charge in [-0.15, -0.1) is 0 Å². The molecule has 0 spiro atoms. The summed E-state index contributed by atoms with van der Waals surface area (Å²) in [6, 6.07) is 3.13. The Morgan fingerprint density at radius 2 is 1.93 bits per heavy atom. The summed E-state index contributed by atoms with van der Waals surface area (Å²) in [7, 11) is 0. The molecule has 160 valence electrons. The van der Waals surface area contributed by atoms with Gasteiger partial charge in [0.05, 0.1) is 11.6 Å². The summed E-state index contributed by atoms with van der Waals surface area (Å²) in [6.07, 6.45) is 4.17. The van der Waals surface area contributed by atoms with Gasteiger partial charge in [0.25, 0.3) is 5.91 Å². The Labute approximate surface area is 172 Å². The highest BCUT2D eigenvalue weighted by molar-refractivity contribution is 5.99. The number of fused-ring (bicyclic) bond motifs is 1. The molecule has 3 N–H and O–H groups in total. The molecule has 1 fully saturated rings. The van der Waals surface area contributed by atoms with Gasteiger partial charge in [-0.05, 0) is 62.0 Å². The van der Waals surface area contributed by atoms with Crippen LogP contribution >= 0.6 is 0 Å². The number of aromatic hydroxyl groups is 1. The molecular formula is C23H33FN2O3. The first-order valence-electron chi connectivity index (χ1n) is 10.6. The van der Waals surface area contributed by atoms with Crippen molar-refractivity contribution >= 4 is 5.91 Å². The molecule has 29 heavy (non-hydrogen) atoms. The van der Waals surface area contributed by atoms with E-state index in [-0.39, 0.29) is 35.2 Å². The van der Waals surface area contributed by atoms with E-state index in [4.69, 9.17) is 0 Å². The van der Waals surface area contributed by atoms with E-state index >= 15 is 0 Å². The Morgan fingerprint density at radius 1 is 1.28 bits per heavy atom. The van der Waals surface area contributed by atoms with Gasteiger partial charge in [0.1, 0.15) is 5.76 Å². The Kier molecular flexibility index (Phi) is 6.52. The highest BCUT2D eigenvalue weighted by Gasteiger charge is 2.35. The van der Waals surface area contributed by atoms with E-state index in [1.165, 1.54) is 6.07 Å². The average Bonchev–Trinajstić information content (AvgIpc) is 2.99. The number of amides is 1. The average molecular weight is 405 g/mol. The van der Waals surface area contributed by atoms with Crippen molar-refractivity contribution < 1.29 is 19.4 Å². The predicted octanol–water partition coefficient (Wildman–Crippen LogP) is 4.37. The number of carbonyl (C=O) groups excluding carboxylic acids is 1. The van der Waals surface area contributed by atoms with Crippen LogP contribution in [0.3, 0.4) is 0 Å². The lowest BCUT2D eigenvalue weighted by atomic mass is 9.78. The quantitative estimate of drug-likeness (QED) is 0.590. The standard InChI is InChI=1S/C23H33FN2O3/c1-13(2)22(15(4)27)25-14(3)17-7-5-16(6-8-17)11-26-12-18-9-10-19(28)21(24)20(18)23(26)29/h9-10,13-14,16-17,22,25,27-28H,4-8,11-12H2,1-3H3/t14?,16?,17?,22-/m1/s1. The molecule has 0 bridgehead atoms. The molecule has 1 aromatic rings. The van der Waals surface area contributed by atoms with Gasteiger partial charge in [0.2, 0.25) is 0 Å². The smallest absolute Gasteiger partial charge is 0.257 e. The maximum atomic E-state index is 14.1. The van der Waals surface area contributed by atoms with Crippen molar-refractivity contribution in [2.45, 2.75) is 65.1 Å². The number of hydrogen-bond donors (Lipinski definition) is 3. The van der Waals surface area contributed by atoms with Gasteiger partial charge in [-0.1, -0.05) is 26.5 Å². The second kappa shape index (κ2) is 8.74. The second-order valence-electron chi connectivity index (χ2n) is 9.07. The number of aliphatic hydroxyl groups excluding tert-OH is 1. The van der Waals surface area contributed by atoms with Crippen LogP contribution in [0.15, 0.2) is 24.5 Å². The Hall–Kier alpha value is -2.08. The minimum Gasteiger partial charge on any atom is -0.511 e. The summed E-state index contributed by atoms with van der Waals surface area (Å²) in [5.41, 5.74) is 0.682. The molecule has 1 saturated carbocycles. The van der Waals surface area contributed by atoms with Crippen molar-refractivity contribution in [2.75, 3.05) is 6.54 Å². The van der Waals surface area contributed by atoms with Gasteiger partial charge in [0.15, 0.2) is 11.6 Å². The summed E-state index contributed by atoms with van der Waals surface area (Å²) in [5.74, 6) is -0.198. The van der Waals surface area contributed by atoms with E-state index in [1.807, 2.05) is 0 Å². The van der Waals surface area contributed by atoms with E-state index in [0.29, 0.717) is 30.5 Å². The zero-order chi connectivity index (χ0) is 21.3. The third-order valence-electron chi connectivity index (χ3n) is 6.62. The summed E-state index contributed by atoms with van der Waals surface area (Å²) < 4.78 is 14.1. The van der Waals surface area contributed by atoms with Crippen LogP contribution in [0.5, 0.6) is 5.75 Å². The fourth-order valence-corrected chi connectivity index (χ4v) is 4.83. The molecule has 1 aromatic carbocycles. The Balaban J connectivity index is 1.52. The molecule has 2 atom stereocenters. The fraction of sp³-hybridized carbons (Fsp3) is 0.609.